The average molecular weight is 261 g/mol. The predicted octanol–water partition coefficient (Wildman–Crippen LogP) is 1.49. The summed E-state index contributed by atoms with van der Waals surface area (Å²) >= 11 is 0. The summed E-state index contributed by atoms with van der Waals surface area (Å²) in [7, 11) is 0. The quantitative estimate of drug-likeness (QED) is 0.754. The lowest BCUT2D eigenvalue weighted by molar-refractivity contribution is 0.268. The van der Waals surface area contributed by atoms with Crippen molar-refractivity contribution in [1.29, 1.82) is 0 Å². The molecule has 0 aliphatic rings. The van der Waals surface area contributed by atoms with Crippen molar-refractivity contribution in [1.82, 2.24) is 15.0 Å². The number of aliphatic hydroxyl groups excluding tert-OH is 1. The molecule has 0 radical (unpaired) electrons. The van der Waals surface area contributed by atoms with Crippen molar-refractivity contribution in [2.45, 2.75) is 32.7 Å². The van der Waals surface area contributed by atoms with Gasteiger partial charge in [-0.25, -0.2) is 4.98 Å². The second kappa shape index (κ2) is 5.79. The monoisotopic (exact) mass is 261 g/mol. The second-order valence-corrected chi connectivity index (χ2v) is 4.57. The van der Waals surface area contributed by atoms with Crippen molar-refractivity contribution < 1.29 is 5.11 Å². The number of aliphatic hydroxyl groups is 1. The van der Waals surface area contributed by atoms with E-state index in [9.17, 15) is 5.11 Å². The molecule has 2 rings (SSSR count). The fraction of sp³-hybridized carbons (Fsp3) is 0.462. The van der Waals surface area contributed by atoms with Gasteiger partial charge in [-0.15, -0.1) is 0 Å². The van der Waals surface area contributed by atoms with Crippen LogP contribution >= 0.6 is 0 Å². The zero-order valence-corrected chi connectivity index (χ0v) is 11.2. The van der Waals surface area contributed by atoms with Gasteiger partial charge in [0.15, 0.2) is 5.82 Å². The van der Waals surface area contributed by atoms with E-state index < -0.39 is 0 Å². The van der Waals surface area contributed by atoms with Gasteiger partial charge in [-0.2, -0.15) is 4.98 Å². The minimum atomic E-state index is -0.0511. The SMILES string of the molecule is CCCC(CO)Nc1nc(N)nc2c(C)ccnc12. The number of hydrogen-bond donors (Lipinski definition) is 3. The van der Waals surface area contributed by atoms with Crippen LogP contribution in [0.4, 0.5) is 11.8 Å². The molecule has 0 amide bonds. The lowest BCUT2D eigenvalue weighted by Crippen LogP contribution is -2.24. The number of aryl methyl sites for hydroxylation is 1. The molecule has 2 aromatic rings. The van der Waals surface area contributed by atoms with E-state index >= 15 is 0 Å². The zero-order valence-electron chi connectivity index (χ0n) is 11.2. The fourth-order valence-electron chi connectivity index (χ4n) is 2.02. The van der Waals surface area contributed by atoms with Gasteiger partial charge in [-0.3, -0.25) is 4.98 Å². The maximum atomic E-state index is 9.36. The average Bonchev–Trinajstić information content (AvgIpc) is 2.39. The van der Waals surface area contributed by atoms with E-state index in [1.54, 1.807) is 6.20 Å². The summed E-state index contributed by atoms with van der Waals surface area (Å²) in [5, 5.41) is 12.6. The van der Waals surface area contributed by atoms with Gasteiger partial charge in [0.25, 0.3) is 0 Å². The van der Waals surface area contributed by atoms with E-state index in [0.29, 0.717) is 11.3 Å². The van der Waals surface area contributed by atoms with Gasteiger partial charge in [-0.1, -0.05) is 13.3 Å². The van der Waals surface area contributed by atoms with Crippen molar-refractivity contribution in [2.24, 2.45) is 0 Å². The van der Waals surface area contributed by atoms with Crippen molar-refractivity contribution in [3.63, 3.8) is 0 Å². The van der Waals surface area contributed by atoms with Crippen LogP contribution in [0.5, 0.6) is 0 Å². The molecule has 1 atom stereocenters. The lowest BCUT2D eigenvalue weighted by atomic mass is 10.1. The van der Waals surface area contributed by atoms with Crippen molar-refractivity contribution in [2.75, 3.05) is 17.7 Å². The number of nitrogens with two attached hydrogens (primary N) is 1. The maximum Gasteiger partial charge on any atom is 0.222 e. The molecular formula is C13H19N5O. The third kappa shape index (κ3) is 2.90. The lowest BCUT2D eigenvalue weighted by Gasteiger charge is -2.17. The highest BCUT2D eigenvalue weighted by Gasteiger charge is 2.13. The van der Waals surface area contributed by atoms with Crippen LogP contribution in [0.3, 0.4) is 0 Å². The first-order chi connectivity index (χ1) is 9.15. The highest BCUT2D eigenvalue weighted by Crippen LogP contribution is 2.22. The smallest absolute Gasteiger partial charge is 0.222 e. The summed E-state index contributed by atoms with van der Waals surface area (Å²) in [6, 6.07) is 1.83. The Morgan fingerprint density at radius 2 is 2.16 bits per heavy atom. The van der Waals surface area contributed by atoms with Crippen molar-refractivity contribution >= 4 is 22.8 Å². The maximum absolute atomic E-state index is 9.36. The molecule has 0 saturated carbocycles. The highest BCUT2D eigenvalue weighted by molar-refractivity contribution is 5.88. The largest absolute Gasteiger partial charge is 0.394 e. The standard InChI is InChI=1S/C13H19N5O/c1-3-4-9(7-19)16-12-11-10(17-13(14)18-12)8(2)5-6-15-11/h5-6,9,19H,3-4,7H2,1-2H3,(H3,14,16,17,18). The number of rotatable bonds is 5. The minimum Gasteiger partial charge on any atom is -0.394 e. The summed E-state index contributed by atoms with van der Waals surface area (Å²) in [5.41, 5.74) is 8.16. The van der Waals surface area contributed by atoms with Crippen LogP contribution in [0.1, 0.15) is 25.3 Å². The summed E-state index contributed by atoms with van der Waals surface area (Å²) < 4.78 is 0. The summed E-state index contributed by atoms with van der Waals surface area (Å²) in [5.74, 6) is 0.790. The molecule has 19 heavy (non-hydrogen) atoms. The molecule has 1 unspecified atom stereocenters. The van der Waals surface area contributed by atoms with Crippen LogP contribution < -0.4 is 11.1 Å². The van der Waals surface area contributed by atoms with Gasteiger partial charge in [0.05, 0.1) is 18.2 Å². The molecule has 102 valence electrons. The van der Waals surface area contributed by atoms with Crippen LogP contribution in [0.2, 0.25) is 0 Å². The first kappa shape index (κ1) is 13.5. The molecule has 0 aliphatic heterocycles. The molecule has 0 saturated heterocycles. The minimum absolute atomic E-state index is 0.0467. The first-order valence-electron chi connectivity index (χ1n) is 6.42. The molecule has 2 heterocycles. The number of hydrogen-bond acceptors (Lipinski definition) is 6. The van der Waals surface area contributed by atoms with Crippen LogP contribution in [-0.2, 0) is 0 Å². The van der Waals surface area contributed by atoms with Crippen LogP contribution in [0, 0.1) is 6.92 Å². The number of nitrogen functional groups attached to an aromatic ring is 1. The van der Waals surface area contributed by atoms with E-state index in [0.717, 1.165) is 23.9 Å². The van der Waals surface area contributed by atoms with Crippen LogP contribution in [0.25, 0.3) is 11.0 Å². The molecule has 4 N–H and O–H groups in total. The Kier molecular flexibility index (Phi) is 4.11. The Bertz CT molecular complexity index is 572. The third-order valence-electron chi connectivity index (χ3n) is 3.00. The van der Waals surface area contributed by atoms with E-state index in [2.05, 4.69) is 27.2 Å². The second-order valence-electron chi connectivity index (χ2n) is 4.57. The van der Waals surface area contributed by atoms with Gasteiger partial charge in [0, 0.05) is 6.20 Å². The molecule has 0 bridgehead atoms. The molecule has 0 spiro atoms. The van der Waals surface area contributed by atoms with Crippen LogP contribution in [0.15, 0.2) is 12.3 Å². The van der Waals surface area contributed by atoms with Crippen molar-refractivity contribution in [3.05, 3.63) is 17.8 Å². The molecule has 0 fully saturated rings. The third-order valence-corrected chi connectivity index (χ3v) is 3.00. The normalized spacial score (nSPS) is 12.6. The van der Waals surface area contributed by atoms with E-state index in [-0.39, 0.29) is 18.6 Å². The number of pyridine rings is 1. The van der Waals surface area contributed by atoms with E-state index in [4.69, 9.17) is 5.73 Å². The number of fused-ring (bicyclic) bond motifs is 1. The predicted molar refractivity (Wildman–Crippen MR) is 75.9 cm³/mol. The zero-order chi connectivity index (χ0) is 13.8. The molecule has 2 aromatic heterocycles. The van der Waals surface area contributed by atoms with Crippen LogP contribution in [-0.4, -0.2) is 32.7 Å². The number of nitrogens with zero attached hydrogens (tertiary/aromatic N) is 3. The molecule has 0 aliphatic carbocycles. The number of aromatic nitrogens is 3. The van der Waals surface area contributed by atoms with Gasteiger partial charge >= 0.3 is 0 Å². The van der Waals surface area contributed by atoms with Gasteiger partial charge < -0.3 is 16.2 Å². The molecule has 0 aromatic carbocycles. The Balaban J connectivity index is 2.44. The first-order valence-corrected chi connectivity index (χ1v) is 6.42. The molecular weight excluding hydrogens is 242 g/mol. The Labute approximate surface area is 112 Å². The topological polar surface area (TPSA) is 97.0 Å². The van der Waals surface area contributed by atoms with Crippen molar-refractivity contribution in [3.8, 4) is 0 Å². The Morgan fingerprint density at radius 1 is 1.37 bits per heavy atom. The molecule has 6 heteroatoms. The Hall–Kier alpha value is -1.95. The molecule has 6 nitrogen and oxygen atoms in total. The number of anilines is 2. The van der Waals surface area contributed by atoms with Gasteiger partial charge in [0.2, 0.25) is 5.95 Å². The highest BCUT2D eigenvalue weighted by atomic mass is 16.3. The Morgan fingerprint density at radius 3 is 2.84 bits per heavy atom. The summed E-state index contributed by atoms with van der Waals surface area (Å²) in [4.78, 5) is 12.7. The number of nitrogens with one attached hydrogen (secondary N) is 1. The van der Waals surface area contributed by atoms with E-state index in [1.807, 2.05) is 13.0 Å². The fourth-order valence-corrected chi connectivity index (χ4v) is 2.02. The summed E-state index contributed by atoms with van der Waals surface area (Å²) in [6.07, 6.45) is 3.55. The van der Waals surface area contributed by atoms with Gasteiger partial charge in [-0.05, 0) is 25.0 Å². The summed E-state index contributed by atoms with van der Waals surface area (Å²) in [6.45, 7) is 4.07. The van der Waals surface area contributed by atoms with E-state index in [1.165, 1.54) is 0 Å². The van der Waals surface area contributed by atoms with Gasteiger partial charge in [0.1, 0.15) is 5.52 Å².